The van der Waals surface area contributed by atoms with Gasteiger partial charge < -0.3 is 15.3 Å². The van der Waals surface area contributed by atoms with E-state index < -0.39 is 24.6 Å². The smallest absolute Gasteiger partial charge is 0.305 e. The number of hydrogen-bond acceptors (Lipinski definition) is 5. The van der Waals surface area contributed by atoms with Gasteiger partial charge in [0, 0.05) is 30.5 Å². The third-order valence-corrected chi connectivity index (χ3v) is 5.72. The first kappa shape index (κ1) is 22.1. The molecule has 7 nitrogen and oxygen atoms in total. The number of carbonyl (C=O) groups is 1. The Labute approximate surface area is 184 Å². The molecule has 0 spiro atoms. The number of rotatable bonds is 8. The summed E-state index contributed by atoms with van der Waals surface area (Å²) in [6.45, 7) is 1.90. The summed E-state index contributed by atoms with van der Waals surface area (Å²) in [6.07, 6.45) is 2.67. The summed E-state index contributed by atoms with van der Waals surface area (Å²) in [7, 11) is 1.84. The van der Waals surface area contributed by atoms with Crippen LogP contribution < -0.4 is 0 Å². The molecule has 3 aromatic rings. The molecule has 1 aliphatic carbocycles. The first-order valence-corrected chi connectivity index (χ1v) is 10.6. The maximum absolute atomic E-state index is 13.6. The molecule has 1 saturated carbocycles. The number of carboxylic acids is 1. The van der Waals surface area contributed by atoms with Crippen molar-refractivity contribution in [3.05, 3.63) is 53.1 Å². The van der Waals surface area contributed by atoms with Crippen LogP contribution in [-0.2, 0) is 11.8 Å². The number of aryl methyl sites for hydroxylation is 2. The quantitative estimate of drug-likeness (QED) is 0.495. The van der Waals surface area contributed by atoms with Gasteiger partial charge in [-0.1, -0.05) is 24.3 Å². The topological polar surface area (TPSA) is 108 Å². The zero-order valence-corrected chi connectivity index (χ0v) is 18.0. The summed E-state index contributed by atoms with van der Waals surface area (Å²) in [5.74, 6) is -1.16. The Bertz CT molecular complexity index is 1180. The number of pyridine rings is 1. The van der Waals surface area contributed by atoms with Crippen LogP contribution in [0, 0.1) is 12.7 Å². The monoisotopic (exact) mass is 439 g/mol. The Kier molecular flexibility index (Phi) is 6.08. The zero-order valence-electron chi connectivity index (χ0n) is 18.0. The number of halogens is 1. The number of aromatic nitrogens is 3. The number of aliphatic carboxylic acids is 1. The summed E-state index contributed by atoms with van der Waals surface area (Å²) in [4.78, 5) is 15.7. The summed E-state index contributed by atoms with van der Waals surface area (Å²) in [5.41, 5.74) is 4.96. The van der Waals surface area contributed by atoms with Crippen molar-refractivity contribution in [2.75, 3.05) is 0 Å². The van der Waals surface area contributed by atoms with E-state index in [1.165, 1.54) is 12.1 Å². The average Bonchev–Trinajstić information content (AvgIpc) is 3.52. The predicted molar refractivity (Wildman–Crippen MR) is 119 cm³/mol. The standard InChI is InChI=1S/C24H26FN3O4/c1-13-21-22(14-5-7-16(25)8-6-14)19(10-9-17(29)11-18(30)12-20(31)32)23(15-3-4-15)26-24(21)28(2)27-13/h5-10,15,17-18,29-30H,3-4,11-12H2,1-2H3,(H,31,32). The van der Waals surface area contributed by atoms with Crippen molar-refractivity contribution in [1.29, 1.82) is 0 Å². The van der Waals surface area contributed by atoms with E-state index in [0.717, 1.165) is 52.0 Å². The number of hydrogen-bond donors (Lipinski definition) is 3. The number of aliphatic hydroxyl groups excluding tert-OH is 2. The van der Waals surface area contributed by atoms with Gasteiger partial charge in [0.15, 0.2) is 5.65 Å². The van der Waals surface area contributed by atoms with Crippen molar-refractivity contribution in [3.63, 3.8) is 0 Å². The Balaban J connectivity index is 1.84. The number of nitrogens with zero attached hydrogens (tertiary/aromatic N) is 3. The van der Waals surface area contributed by atoms with E-state index in [-0.39, 0.29) is 12.2 Å². The lowest BCUT2D eigenvalue weighted by Crippen LogP contribution is -2.19. The first-order valence-electron chi connectivity index (χ1n) is 10.6. The van der Waals surface area contributed by atoms with Gasteiger partial charge in [-0.25, -0.2) is 9.37 Å². The highest BCUT2D eigenvalue weighted by atomic mass is 19.1. The van der Waals surface area contributed by atoms with Crippen LogP contribution in [0.2, 0.25) is 0 Å². The van der Waals surface area contributed by atoms with Crippen molar-refractivity contribution < 1.29 is 24.5 Å². The largest absolute Gasteiger partial charge is 0.481 e. The van der Waals surface area contributed by atoms with E-state index in [1.807, 2.05) is 14.0 Å². The summed E-state index contributed by atoms with van der Waals surface area (Å²) < 4.78 is 15.4. The minimum absolute atomic E-state index is 0.0883. The molecular formula is C24H26FN3O4. The van der Waals surface area contributed by atoms with Gasteiger partial charge in [0.1, 0.15) is 5.82 Å². The highest BCUT2D eigenvalue weighted by Crippen LogP contribution is 2.45. The molecule has 8 heteroatoms. The number of aliphatic hydroxyl groups is 2. The number of benzene rings is 1. The van der Waals surface area contributed by atoms with Crippen LogP contribution in [0.15, 0.2) is 30.3 Å². The summed E-state index contributed by atoms with van der Waals surface area (Å²) in [5, 5.41) is 34.4. The summed E-state index contributed by atoms with van der Waals surface area (Å²) in [6, 6.07) is 6.26. The Hall–Kier alpha value is -3.10. The van der Waals surface area contributed by atoms with Crippen molar-refractivity contribution in [2.24, 2.45) is 7.05 Å². The van der Waals surface area contributed by atoms with Crippen LogP contribution in [0.4, 0.5) is 4.39 Å². The second kappa shape index (κ2) is 8.80. The molecule has 2 atom stereocenters. The van der Waals surface area contributed by atoms with E-state index in [1.54, 1.807) is 29.0 Å². The minimum Gasteiger partial charge on any atom is -0.481 e. The van der Waals surface area contributed by atoms with Gasteiger partial charge in [0.25, 0.3) is 0 Å². The molecule has 4 rings (SSSR count). The Morgan fingerprint density at radius 1 is 1.28 bits per heavy atom. The lowest BCUT2D eigenvalue weighted by atomic mass is 9.92. The van der Waals surface area contributed by atoms with E-state index in [2.05, 4.69) is 5.10 Å². The molecule has 2 aromatic heterocycles. The molecule has 1 aliphatic rings. The molecule has 0 bridgehead atoms. The summed E-state index contributed by atoms with van der Waals surface area (Å²) >= 11 is 0. The van der Waals surface area contributed by atoms with Crippen molar-refractivity contribution >= 4 is 23.1 Å². The zero-order chi connectivity index (χ0) is 23.0. The van der Waals surface area contributed by atoms with Gasteiger partial charge in [-0.15, -0.1) is 0 Å². The molecule has 32 heavy (non-hydrogen) atoms. The molecule has 0 amide bonds. The highest BCUT2D eigenvalue weighted by molar-refractivity contribution is 6.00. The lowest BCUT2D eigenvalue weighted by molar-refractivity contribution is -0.139. The first-order chi connectivity index (χ1) is 15.2. The molecule has 1 aromatic carbocycles. The molecular weight excluding hydrogens is 413 g/mol. The SMILES string of the molecule is Cc1nn(C)c2nc(C3CC3)c(C=CC(O)CC(O)CC(=O)O)c(-c3ccc(F)cc3)c12. The minimum atomic E-state index is -1.15. The van der Waals surface area contributed by atoms with Gasteiger partial charge in [0.05, 0.1) is 35.4 Å². The third-order valence-electron chi connectivity index (χ3n) is 5.72. The van der Waals surface area contributed by atoms with Crippen molar-refractivity contribution in [3.8, 4) is 11.1 Å². The van der Waals surface area contributed by atoms with Crippen LogP contribution in [-0.4, -0.2) is 48.3 Å². The van der Waals surface area contributed by atoms with Gasteiger partial charge in [0.2, 0.25) is 0 Å². The van der Waals surface area contributed by atoms with Gasteiger partial charge >= 0.3 is 5.97 Å². The van der Waals surface area contributed by atoms with Gasteiger partial charge in [-0.05, 0) is 37.5 Å². The normalized spacial score (nSPS) is 16.0. The predicted octanol–water partition coefficient (Wildman–Crippen LogP) is 3.56. The van der Waals surface area contributed by atoms with Crippen LogP contribution in [0.5, 0.6) is 0 Å². The fraction of sp³-hybridized carbons (Fsp3) is 0.375. The molecule has 0 saturated heterocycles. The van der Waals surface area contributed by atoms with Gasteiger partial charge in [-0.2, -0.15) is 5.10 Å². The van der Waals surface area contributed by atoms with Crippen LogP contribution in [0.25, 0.3) is 28.2 Å². The maximum atomic E-state index is 13.6. The van der Waals surface area contributed by atoms with Gasteiger partial charge in [-0.3, -0.25) is 9.48 Å². The second-order valence-electron chi connectivity index (χ2n) is 8.39. The molecule has 1 fully saturated rings. The average molecular weight is 439 g/mol. The van der Waals surface area contributed by atoms with Crippen LogP contribution in [0.1, 0.15) is 48.6 Å². The molecule has 2 unspecified atom stereocenters. The lowest BCUT2D eigenvalue weighted by Gasteiger charge is -2.15. The Morgan fingerprint density at radius 2 is 1.97 bits per heavy atom. The maximum Gasteiger partial charge on any atom is 0.305 e. The fourth-order valence-electron chi connectivity index (χ4n) is 4.11. The van der Waals surface area contributed by atoms with E-state index in [4.69, 9.17) is 10.1 Å². The number of fused-ring (bicyclic) bond motifs is 1. The molecule has 0 radical (unpaired) electrons. The Morgan fingerprint density at radius 3 is 2.59 bits per heavy atom. The highest BCUT2D eigenvalue weighted by Gasteiger charge is 2.31. The van der Waals surface area contributed by atoms with Crippen LogP contribution in [0.3, 0.4) is 0 Å². The van der Waals surface area contributed by atoms with E-state index >= 15 is 0 Å². The third kappa shape index (κ3) is 4.56. The fourth-order valence-corrected chi connectivity index (χ4v) is 4.11. The molecule has 2 heterocycles. The van der Waals surface area contributed by atoms with E-state index in [9.17, 15) is 19.4 Å². The second-order valence-corrected chi connectivity index (χ2v) is 8.39. The molecule has 0 aliphatic heterocycles. The molecule has 168 valence electrons. The van der Waals surface area contributed by atoms with Crippen molar-refractivity contribution in [1.82, 2.24) is 14.8 Å². The van der Waals surface area contributed by atoms with Crippen molar-refractivity contribution in [2.45, 2.75) is 50.7 Å². The van der Waals surface area contributed by atoms with Crippen LogP contribution >= 0.6 is 0 Å². The van der Waals surface area contributed by atoms with E-state index in [0.29, 0.717) is 5.92 Å². The molecule has 3 N–H and O–H groups in total. The number of carboxylic acid groups (broad SMARTS) is 1.